The van der Waals surface area contributed by atoms with Crippen LogP contribution in [0.2, 0.25) is 0 Å². The first-order valence-corrected chi connectivity index (χ1v) is 7.51. The average Bonchev–Trinajstić information content (AvgIpc) is 2.83. The van der Waals surface area contributed by atoms with Crippen molar-refractivity contribution in [2.45, 2.75) is 13.0 Å². The Morgan fingerprint density at radius 3 is 2.26 bits per heavy atom. The highest BCUT2D eigenvalue weighted by atomic mass is 79.9. The third-order valence-corrected chi connectivity index (χ3v) is 4.63. The summed E-state index contributed by atoms with van der Waals surface area (Å²) >= 11 is 5.21. The number of methoxy groups -OCH3 is 2. The van der Waals surface area contributed by atoms with Gasteiger partial charge < -0.3 is 15.2 Å². The second-order valence-corrected chi connectivity index (χ2v) is 5.81. The lowest BCUT2D eigenvalue weighted by molar-refractivity contribution is 0.354. The van der Waals surface area contributed by atoms with Crippen LogP contribution < -0.4 is 15.2 Å². The van der Waals surface area contributed by atoms with Gasteiger partial charge in [-0.3, -0.25) is 0 Å². The second kappa shape index (κ2) is 5.94. The van der Waals surface area contributed by atoms with Crippen LogP contribution in [0, 0.1) is 6.92 Å². The Balaban J connectivity index is 2.48. The SMILES string of the molecule is COc1cc(Br)c(C(N)c2cscc2C)cc1OC. The van der Waals surface area contributed by atoms with Crippen molar-refractivity contribution in [1.82, 2.24) is 0 Å². The van der Waals surface area contributed by atoms with E-state index in [1.807, 2.05) is 12.1 Å². The zero-order valence-corrected chi connectivity index (χ0v) is 13.5. The van der Waals surface area contributed by atoms with Gasteiger partial charge in [-0.2, -0.15) is 11.3 Å². The minimum atomic E-state index is -0.180. The molecule has 1 heterocycles. The van der Waals surface area contributed by atoms with Crippen molar-refractivity contribution in [1.29, 1.82) is 0 Å². The summed E-state index contributed by atoms with van der Waals surface area (Å²) in [4.78, 5) is 0. The summed E-state index contributed by atoms with van der Waals surface area (Å²) in [7, 11) is 3.24. The molecule has 0 radical (unpaired) electrons. The smallest absolute Gasteiger partial charge is 0.161 e. The molecule has 0 saturated heterocycles. The molecular formula is C14H16BrNO2S. The first kappa shape index (κ1) is 14.4. The molecule has 1 atom stereocenters. The number of aryl methyl sites for hydroxylation is 1. The van der Waals surface area contributed by atoms with Crippen molar-refractivity contribution >= 4 is 27.3 Å². The molecule has 0 aliphatic heterocycles. The Morgan fingerprint density at radius 2 is 1.74 bits per heavy atom. The van der Waals surface area contributed by atoms with Crippen LogP contribution in [0.15, 0.2) is 27.4 Å². The molecule has 5 heteroatoms. The quantitative estimate of drug-likeness (QED) is 0.917. The predicted octanol–water partition coefficient (Wildman–Crippen LogP) is 3.88. The van der Waals surface area contributed by atoms with Crippen molar-refractivity contribution in [3.63, 3.8) is 0 Å². The predicted molar refractivity (Wildman–Crippen MR) is 82.3 cm³/mol. The van der Waals surface area contributed by atoms with Crippen molar-refractivity contribution in [2.75, 3.05) is 14.2 Å². The van der Waals surface area contributed by atoms with E-state index in [1.165, 1.54) is 5.56 Å². The molecule has 0 spiro atoms. The van der Waals surface area contributed by atoms with Gasteiger partial charge in [-0.05, 0) is 46.5 Å². The van der Waals surface area contributed by atoms with Gasteiger partial charge in [0.2, 0.25) is 0 Å². The zero-order chi connectivity index (χ0) is 14.0. The molecule has 0 saturated carbocycles. The van der Waals surface area contributed by atoms with Crippen molar-refractivity contribution in [3.8, 4) is 11.5 Å². The molecule has 0 aliphatic rings. The maximum atomic E-state index is 6.36. The van der Waals surface area contributed by atoms with Crippen LogP contribution in [0.5, 0.6) is 11.5 Å². The Kier molecular flexibility index (Phi) is 4.50. The van der Waals surface area contributed by atoms with Crippen LogP contribution in [0.3, 0.4) is 0 Å². The van der Waals surface area contributed by atoms with Gasteiger partial charge >= 0.3 is 0 Å². The van der Waals surface area contributed by atoms with E-state index in [4.69, 9.17) is 15.2 Å². The minimum absolute atomic E-state index is 0.180. The van der Waals surface area contributed by atoms with E-state index in [9.17, 15) is 0 Å². The number of benzene rings is 1. The van der Waals surface area contributed by atoms with Gasteiger partial charge in [0, 0.05) is 4.47 Å². The third-order valence-electron chi connectivity index (χ3n) is 3.07. The molecule has 2 N–H and O–H groups in total. The van der Waals surface area contributed by atoms with Gasteiger partial charge in [-0.25, -0.2) is 0 Å². The topological polar surface area (TPSA) is 44.5 Å². The summed E-state index contributed by atoms with van der Waals surface area (Å²) in [5.74, 6) is 1.37. The van der Waals surface area contributed by atoms with Gasteiger partial charge in [0.05, 0.1) is 20.3 Å². The van der Waals surface area contributed by atoms with E-state index in [0.717, 1.165) is 15.6 Å². The number of rotatable bonds is 4. The van der Waals surface area contributed by atoms with E-state index in [0.29, 0.717) is 11.5 Å². The molecule has 102 valence electrons. The van der Waals surface area contributed by atoms with Crippen LogP contribution in [-0.4, -0.2) is 14.2 Å². The fraction of sp³-hybridized carbons (Fsp3) is 0.286. The maximum Gasteiger partial charge on any atom is 0.161 e. The van der Waals surface area contributed by atoms with E-state index >= 15 is 0 Å². The van der Waals surface area contributed by atoms with E-state index in [2.05, 4.69) is 33.6 Å². The number of halogens is 1. The van der Waals surface area contributed by atoms with Gasteiger partial charge in [0.15, 0.2) is 11.5 Å². The molecule has 3 nitrogen and oxygen atoms in total. The monoisotopic (exact) mass is 341 g/mol. The van der Waals surface area contributed by atoms with Crippen LogP contribution in [-0.2, 0) is 0 Å². The molecule has 2 aromatic rings. The highest BCUT2D eigenvalue weighted by molar-refractivity contribution is 9.10. The van der Waals surface area contributed by atoms with Crippen molar-refractivity contribution < 1.29 is 9.47 Å². The fourth-order valence-corrected chi connectivity index (χ4v) is 3.42. The van der Waals surface area contributed by atoms with Gasteiger partial charge in [-0.1, -0.05) is 15.9 Å². The van der Waals surface area contributed by atoms with Crippen molar-refractivity contribution in [2.24, 2.45) is 5.73 Å². The summed E-state index contributed by atoms with van der Waals surface area (Å²) in [6, 6.07) is 3.63. The number of hydrogen-bond donors (Lipinski definition) is 1. The van der Waals surface area contributed by atoms with Gasteiger partial charge in [0.25, 0.3) is 0 Å². The van der Waals surface area contributed by atoms with Crippen molar-refractivity contribution in [3.05, 3.63) is 44.1 Å². The first-order valence-electron chi connectivity index (χ1n) is 5.78. The summed E-state index contributed by atoms with van der Waals surface area (Å²) < 4.78 is 11.5. The summed E-state index contributed by atoms with van der Waals surface area (Å²) in [5.41, 5.74) is 9.69. The molecule has 1 unspecified atom stereocenters. The lowest BCUT2D eigenvalue weighted by Crippen LogP contribution is -2.13. The van der Waals surface area contributed by atoms with Crippen LogP contribution in [0.25, 0.3) is 0 Å². The standard InChI is InChI=1S/C14H16BrNO2S/c1-8-6-19-7-10(8)14(16)9-4-12(17-2)13(18-3)5-11(9)15/h4-7,14H,16H2,1-3H3. The van der Waals surface area contributed by atoms with Crippen LogP contribution in [0.1, 0.15) is 22.7 Å². The Labute approximate surface area is 125 Å². The number of ether oxygens (including phenoxy) is 2. The fourth-order valence-electron chi connectivity index (χ4n) is 1.96. The molecule has 1 aromatic heterocycles. The summed E-state index contributed by atoms with van der Waals surface area (Å²) in [6.45, 7) is 2.07. The molecule has 1 aromatic carbocycles. The molecule has 0 aliphatic carbocycles. The number of thiophene rings is 1. The molecule has 0 bridgehead atoms. The molecule has 0 amide bonds. The molecule has 2 rings (SSSR count). The lowest BCUT2D eigenvalue weighted by atomic mass is 9.99. The maximum absolute atomic E-state index is 6.36. The molecule has 19 heavy (non-hydrogen) atoms. The Bertz CT molecular complexity index is 583. The lowest BCUT2D eigenvalue weighted by Gasteiger charge is -2.17. The number of nitrogens with two attached hydrogens (primary N) is 1. The molecular weight excluding hydrogens is 326 g/mol. The first-order chi connectivity index (χ1) is 9.08. The highest BCUT2D eigenvalue weighted by Gasteiger charge is 2.18. The van der Waals surface area contributed by atoms with E-state index < -0.39 is 0 Å². The Morgan fingerprint density at radius 1 is 1.11 bits per heavy atom. The average molecular weight is 342 g/mol. The minimum Gasteiger partial charge on any atom is -0.493 e. The van der Waals surface area contributed by atoms with E-state index in [-0.39, 0.29) is 6.04 Å². The van der Waals surface area contributed by atoms with Gasteiger partial charge in [0.1, 0.15) is 0 Å². The molecule has 0 fully saturated rings. The zero-order valence-electron chi connectivity index (χ0n) is 11.1. The highest BCUT2D eigenvalue weighted by Crippen LogP contribution is 2.38. The second-order valence-electron chi connectivity index (χ2n) is 4.22. The normalized spacial score (nSPS) is 12.3. The van der Waals surface area contributed by atoms with Gasteiger partial charge in [-0.15, -0.1) is 0 Å². The Hall–Kier alpha value is -1.04. The van der Waals surface area contributed by atoms with Crippen LogP contribution in [0.4, 0.5) is 0 Å². The third kappa shape index (κ3) is 2.78. The van der Waals surface area contributed by atoms with Crippen LogP contribution >= 0.6 is 27.3 Å². The summed E-state index contributed by atoms with van der Waals surface area (Å²) in [6.07, 6.45) is 0. The van der Waals surface area contributed by atoms with E-state index in [1.54, 1.807) is 25.6 Å². The largest absolute Gasteiger partial charge is 0.493 e. The number of hydrogen-bond acceptors (Lipinski definition) is 4. The summed E-state index contributed by atoms with van der Waals surface area (Å²) in [5, 5.41) is 4.19.